The molecule has 1 aliphatic heterocycles. The van der Waals surface area contributed by atoms with Crippen molar-refractivity contribution in [1.29, 1.82) is 0 Å². The average Bonchev–Trinajstić information content (AvgIpc) is 2.68. The van der Waals surface area contributed by atoms with Crippen LogP contribution in [-0.2, 0) is 16.4 Å². The Labute approximate surface area is 174 Å². The van der Waals surface area contributed by atoms with Crippen molar-refractivity contribution in [2.45, 2.75) is 44.2 Å². The van der Waals surface area contributed by atoms with Crippen LogP contribution in [0.15, 0.2) is 53.4 Å². The van der Waals surface area contributed by atoms with Gasteiger partial charge in [0.15, 0.2) is 9.84 Å². The molecule has 3 rings (SSSR count). The number of carbonyl (C=O) groups excluding carboxylic acids is 1. The Morgan fingerprint density at radius 2 is 1.79 bits per heavy atom. The fraction of sp³-hybridized carbons (Fsp3) is 0.435. The molecule has 0 spiro atoms. The van der Waals surface area contributed by atoms with E-state index < -0.39 is 9.84 Å². The number of benzene rings is 2. The van der Waals surface area contributed by atoms with Crippen molar-refractivity contribution in [3.05, 3.63) is 65.2 Å². The van der Waals surface area contributed by atoms with Crippen molar-refractivity contribution >= 4 is 15.7 Å². The lowest BCUT2D eigenvalue weighted by Gasteiger charge is -2.30. The SMILES string of the molecule is CC1CCCN(Cc2ccc(C(=O)NC(C)c3ccc(S(C)(=O)=O)cc3)cc2)C1. The van der Waals surface area contributed by atoms with Gasteiger partial charge >= 0.3 is 0 Å². The molecule has 1 saturated heterocycles. The van der Waals surface area contributed by atoms with Crippen molar-refractivity contribution in [3.8, 4) is 0 Å². The monoisotopic (exact) mass is 414 g/mol. The molecule has 1 N–H and O–H groups in total. The van der Waals surface area contributed by atoms with Crippen LogP contribution in [0.5, 0.6) is 0 Å². The number of likely N-dealkylation sites (tertiary alicyclic amines) is 1. The summed E-state index contributed by atoms with van der Waals surface area (Å²) in [6.45, 7) is 7.39. The maximum absolute atomic E-state index is 12.6. The fourth-order valence-electron chi connectivity index (χ4n) is 3.82. The molecule has 29 heavy (non-hydrogen) atoms. The number of sulfone groups is 1. The van der Waals surface area contributed by atoms with Gasteiger partial charge in [0, 0.05) is 24.9 Å². The molecule has 0 bridgehead atoms. The zero-order chi connectivity index (χ0) is 21.0. The molecule has 156 valence electrons. The van der Waals surface area contributed by atoms with Crippen LogP contribution < -0.4 is 5.32 Å². The van der Waals surface area contributed by atoms with Gasteiger partial charge in [-0.05, 0) is 67.6 Å². The molecule has 1 aliphatic rings. The van der Waals surface area contributed by atoms with Crippen LogP contribution in [0.25, 0.3) is 0 Å². The summed E-state index contributed by atoms with van der Waals surface area (Å²) in [5, 5.41) is 2.98. The molecule has 5 nitrogen and oxygen atoms in total. The Kier molecular flexibility index (Phi) is 6.75. The van der Waals surface area contributed by atoms with Crippen molar-refractivity contribution in [1.82, 2.24) is 10.2 Å². The second-order valence-electron chi connectivity index (χ2n) is 8.22. The highest BCUT2D eigenvalue weighted by Crippen LogP contribution is 2.19. The lowest BCUT2D eigenvalue weighted by molar-refractivity contribution is 0.0940. The molecular formula is C23H30N2O3S. The second kappa shape index (κ2) is 9.09. The number of nitrogens with one attached hydrogen (secondary N) is 1. The summed E-state index contributed by atoms with van der Waals surface area (Å²) in [4.78, 5) is 15.3. The van der Waals surface area contributed by atoms with E-state index in [-0.39, 0.29) is 16.8 Å². The normalized spacial score (nSPS) is 18.9. The lowest BCUT2D eigenvalue weighted by atomic mass is 9.99. The van der Waals surface area contributed by atoms with Crippen molar-refractivity contribution < 1.29 is 13.2 Å². The van der Waals surface area contributed by atoms with Crippen LogP contribution >= 0.6 is 0 Å². The molecular weight excluding hydrogens is 384 g/mol. The van der Waals surface area contributed by atoms with E-state index in [0.29, 0.717) is 5.56 Å². The van der Waals surface area contributed by atoms with Crippen LogP contribution in [0.3, 0.4) is 0 Å². The summed E-state index contributed by atoms with van der Waals surface area (Å²) in [5.41, 5.74) is 2.71. The first-order valence-electron chi connectivity index (χ1n) is 10.1. The number of hydrogen-bond donors (Lipinski definition) is 1. The third-order valence-electron chi connectivity index (χ3n) is 5.52. The minimum absolute atomic E-state index is 0.136. The van der Waals surface area contributed by atoms with Crippen LogP contribution in [0.1, 0.15) is 54.2 Å². The van der Waals surface area contributed by atoms with Gasteiger partial charge in [-0.2, -0.15) is 0 Å². The van der Waals surface area contributed by atoms with Crippen LogP contribution in [-0.4, -0.2) is 38.6 Å². The zero-order valence-electron chi connectivity index (χ0n) is 17.4. The standard InChI is InChI=1S/C23H30N2O3S/c1-17-5-4-14-25(15-17)16-19-6-8-21(9-7-19)23(26)24-18(2)20-10-12-22(13-11-20)29(3,27)28/h6-13,17-18H,4-5,14-16H2,1-3H3,(H,24,26). The summed E-state index contributed by atoms with van der Waals surface area (Å²) in [5.74, 6) is 0.615. The molecule has 2 aromatic rings. The highest BCUT2D eigenvalue weighted by Gasteiger charge is 2.17. The summed E-state index contributed by atoms with van der Waals surface area (Å²) >= 11 is 0. The quantitative estimate of drug-likeness (QED) is 0.780. The van der Waals surface area contributed by atoms with E-state index in [2.05, 4.69) is 17.1 Å². The lowest BCUT2D eigenvalue weighted by Crippen LogP contribution is -2.33. The Balaban J connectivity index is 1.58. The summed E-state index contributed by atoms with van der Waals surface area (Å²) in [6, 6.07) is 14.2. The molecule has 1 amide bonds. The number of rotatable bonds is 6. The molecule has 6 heteroatoms. The van der Waals surface area contributed by atoms with E-state index in [1.165, 1.54) is 24.7 Å². The van der Waals surface area contributed by atoms with Crippen molar-refractivity contribution in [2.24, 2.45) is 5.92 Å². The molecule has 0 aromatic heterocycles. The minimum atomic E-state index is -3.22. The van der Waals surface area contributed by atoms with E-state index in [4.69, 9.17) is 0 Å². The Morgan fingerprint density at radius 3 is 2.38 bits per heavy atom. The van der Waals surface area contributed by atoms with Crippen LogP contribution in [0, 0.1) is 5.92 Å². The maximum Gasteiger partial charge on any atom is 0.251 e. The Hall–Kier alpha value is -2.18. The maximum atomic E-state index is 12.6. The molecule has 2 aromatic carbocycles. The third kappa shape index (κ3) is 5.90. The van der Waals surface area contributed by atoms with E-state index >= 15 is 0 Å². The average molecular weight is 415 g/mol. The number of carbonyl (C=O) groups is 1. The predicted molar refractivity (Wildman–Crippen MR) is 116 cm³/mol. The van der Waals surface area contributed by atoms with Crippen molar-refractivity contribution in [3.63, 3.8) is 0 Å². The zero-order valence-corrected chi connectivity index (χ0v) is 18.2. The first-order valence-corrected chi connectivity index (χ1v) is 12.0. The van der Waals surface area contributed by atoms with Gasteiger partial charge in [0.1, 0.15) is 0 Å². The molecule has 2 unspecified atom stereocenters. The number of nitrogens with zero attached hydrogens (tertiary/aromatic N) is 1. The van der Waals surface area contributed by atoms with Crippen molar-refractivity contribution in [2.75, 3.05) is 19.3 Å². The highest BCUT2D eigenvalue weighted by atomic mass is 32.2. The smallest absolute Gasteiger partial charge is 0.251 e. The van der Waals surface area contributed by atoms with E-state index in [1.54, 1.807) is 24.3 Å². The first-order chi connectivity index (χ1) is 13.7. The molecule has 0 radical (unpaired) electrons. The highest BCUT2D eigenvalue weighted by molar-refractivity contribution is 7.90. The van der Waals surface area contributed by atoms with E-state index in [1.807, 2.05) is 31.2 Å². The topological polar surface area (TPSA) is 66.5 Å². The van der Waals surface area contributed by atoms with Crippen LogP contribution in [0.2, 0.25) is 0 Å². The molecule has 2 atom stereocenters. The second-order valence-corrected chi connectivity index (χ2v) is 10.2. The van der Waals surface area contributed by atoms with Gasteiger partial charge in [0.05, 0.1) is 10.9 Å². The number of hydrogen-bond acceptors (Lipinski definition) is 4. The number of piperidine rings is 1. The first kappa shape index (κ1) is 21.5. The van der Waals surface area contributed by atoms with Crippen LogP contribution in [0.4, 0.5) is 0 Å². The predicted octanol–water partition coefficient (Wildman–Crippen LogP) is 3.81. The number of amides is 1. The molecule has 0 saturated carbocycles. The fourth-order valence-corrected chi connectivity index (χ4v) is 4.45. The molecule has 1 fully saturated rings. The van der Waals surface area contributed by atoms with Gasteiger partial charge in [-0.15, -0.1) is 0 Å². The van der Waals surface area contributed by atoms with Gasteiger partial charge in [0.25, 0.3) is 5.91 Å². The van der Waals surface area contributed by atoms with Gasteiger partial charge in [0.2, 0.25) is 0 Å². The summed E-state index contributed by atoms with van der Waals surface area (Å²) in [6.07, 6.45) is 3.75. The Bertz CT molecular complexity index is 937. The van der Waals surface area contributed by atoms with Gasteiger partial charge in [-0.3, -0.25) is 9.69 Å². The third-order valence-corrected chi connectivity index (χ3v) is 6.65. The summed E-state index contributed by atoms with van der Waals surface area (Å²) in [7, 11) is -3.22. The Morgan fingerprint density at radius 1 is 1.14 bits per heavy atom. The largest absolute Gasteiger partial charge is 0.346 e. The molecule has 1 heterocycles. The van der Waals surface area contributed by atoms with E-state index in [0.717, 1.165) is 31.1 Å². The van der Waals surface area contributed by atoms with Gasteiger partial charge < -0.3 is 5.32 Å². The van der Waals surface area contributed by atoms with Gasteiger partial charge in [-0.1, -0.05) is 31.2 Å². The summed E-state index contributed by atoms with van der Waals surface area (Å²) < 4.78 is 23.1. The van der Waals surface area contributed by atoms with E-state index in [9.17, 15) is 13.2 Å². The van der Waals surface area contributed by atoms with Gasteiger partial charge in [-0.25, -0.2) is 8.42 Å². The molecule has 0 aliphatic carbocycles. The minimum Gasteiger partial charge on any atom is -0.346 e.